The molecule has 1 unspecified atom stereocenters. The number of benzene rings is 2. The third-order valence-electron chi connectivity index (χ3n) is 6.12. The normalized spacial score (nSPS) is 14.1. The first-order valence-electron chi connectivity index (χ1n) is 12.0. The molecular weight excluding hydrogens is 474 g/mol. The van der Waals surface area contributed by atoms with Gasteiger partial charge in [-0.1, -0.05) is 24.3 Å². The standard InChI is InChI=1S/C28H29N3O6/c1-5-29-28(34)31-26(32)16(2)37-27(33)24-19-8-6-7-9-21(19)30-25-18(11-12-20(24)25)14-17-10-13-22(35-3)23(15-17)36-4/h6-10,13-16H,5,11-12H2,1-4H3,(H2,29,31,32,34)/b18-14+. The van der Waals surface area contributed by atoms with Crippen LogP contribution >= 0.6 is 0 Å². The molecule has 3 amide bonds. The fourth-order valence-electron chi connectivity index (χ4n) is 4.35. The average molecular weight is 504 g/mol. The number of amides is 3. The van der Waals surface area contributed by atoms with Crippen LogP contribution in [-0.2, 0) is 16.0 Å². The number of hydrogen-bond acceptors (Lipinski definition) is 7. The van der Waals surface area contributed by atoms with Gasteiger partial charge in [-0.15, -0.1) is 0 Å². The van der Waals surface area contributed by atoms with Crippen LogP contribution in [-0.4, -0.2) is 49.8 Å². The Bertz CT molecular complexity index is 1400. The molecule has 0 aliphatic heterocycles. The topological polar surface area (TPSA) is 116 Å². The Balaban J connectivity index is 1.69. The number of esters is 1. The zero-order valence-corrected chi connectivity index (χ0v) is 21.2. The molecule has 1 atom stereocenters. The van der Waals surface area contributed by atoms with Crippen LogP contribution in [0.5, 0.6) is 11.5 Å². The number of pyridine rings is 1. The predicted octanol–water partition coefficient (Wildman–Crippen LogP) is 4.13. The number of methoxy groups -OCH3 is 2. The number of aromatic nitrogens is 1. The second-order valence-electron chi connectivity index (χ2n) is 8.51. The first-order chi connectivity index (χ1) is 17.9. The highest BCUT2D eigenvalue weighted by molar-refractivity contribution is 6.08. The smallest absolute Gasteiger partial charge is 0.339 e. The summed E-state index contributed by atoms with van der Waals surface area (Å²) < 4.78 is 16.3. The van der Waals surface area contributed by atoms with Gasteiger partial charge in [0.05, 0.1) is 31.0 Å². The van der Waals surface area contributed by atoms with Gasteiger partial charge < -0.3 is 19.5 Å². The van der Waals surface area contributed by atoms with Crippen molar-refractivity contribution in [2.24, 2.45) is 0 Å². The van der Waals surface area contributed by atoms with Crippen molar-refractivity contribution >= 4 is 40.5 Å². The summed E-state index contributed by atoms with van der Waals surface area (Å²) in [5.41, 5.74) is 4.41. The van der Waals surface area contributed by atoms with E-state index >= 15 is 0 Å². The molecule has 9 nitrogen and oxygen atoms in total. The third-order valence-corrected chi connectivity index (χ3v) is 6.12. The molecule has 1 aliphatic rings. The molecule has 4 rings (SSSR count). The molecule has 192 valence electrons. The lowest BCUT2D eigenvalue weighted by molar-refractivity contribution is -0.127. The van der Waals surface area contributed by atoms with E-state index in [9.17, 15) is 14.4 Å². The molecule has 0 radical (unpaired) electrons. The first-order valence-corrected chi connectivity index (χ1v) is 12.0. The van der Waals surface area contributed by atoms with Gasteiger partial charge in [0, 0.05) is 11.9 Å². The Kier molecular flexibility index (Phi) is 7.71. The molecule has 0 bridgehead atoms. The molecule has 0 saturated heterocycles. The van der Waals surface area contributed by atoms with Gasteiger partial charge >= 0.3 is 12.0 Å². The quantitative estimate of drug-likeness (QED) is 0.466. The van der Waals surface area contributed by atoms with Crippen LogP contribution in [0.3, 0.4) is 0 Å². The number of allylic oxidation sites excluding steroid dienone is 1. The zero-order valence-electron chi connectivity index (χ0n) is 21.2. The number of urea groups is 1. The van der Waals surface area contributed by atoms with Crippen molar-refractivity contribution in [2.75, 3.05) is 20.8 Å². The van der Waals surface area contributed by atoms with E-state index in [1.165, 1.54) is 6.92 Å². The van der Waals surface area contributed by atoms with Crippen LogP contribution < -0.4 is 20.1 Å². The van der Waals surface area contributed by atoms with E-state index < -0.39 is 24.0 Å². The second-order valence-corrected chi connectivity index (χ2v) is 8.51. The number of fused-ring (bicyclic) bond motifs is 2. The average Bonchev–Trinajstić information content (AvgIpc) is 3.28. The molecular formula is C28H29N3O6. The summed E-state index contributed by atoms with van der Waals surface area (Å²) >= 11 is 0. The minimum absolute atomic E-state index is 0.363. The van der Waals surface area contributed by atoms with Crippen LogP contribution in [0.4, 0.5) is 4.79 Å². The Morgan fingerprint density at radius 3 is 2.54 bits per heavy atom. The van der Waals surface area contributed by atoms with E-state index in [0.717, 1.165) is 22.4 Å². The molecule has 1 aliphatic carbocycles. The van der Waals surface area contributed by atoms with Crippen molar-refractivity contribution in [3.8, 4) is 11.5 Å². The maximum Gasteiger partial charge on any atom is 0.339 e. The van der Waals surface area contributed by atoms with Crippen molar-refractivity contribution in [1.82, 2.24) is 15.6 Å². The van der Waals surface area contributed by atoms with Crippen molar-refractivity contribution in [2.45, 2.75) is 32.8 Å². The minimum Gasteiger partial charge on any atom is -0.493 e. The van der Waals surface area contributed by atoms with E-state index in [1.807, 2.05) is 48.5 Å². The predicted molar refractivity (Wildman–Crippen MR) is 140 cm³/mol. The molecule has 2 N–H and O–H groups in total. The lowest BCUT2D eigenvalue weighted by Crippen LogP contribution is -2.44. The number of nitrogens with one attached hydrogen (secondary N) is 2. The number of para-hydroxylation sites is 1. The summed E-state index contributed by atoms with van der Waals surface area (Å²) in [6.07, 6.45) is 2.13. The maximum atomic E-state index is 13.4. The minimum atomic E-state index is -1.17. The van der Waals surface area contributed by atoms with E-state index in [0.29, 0.717) is 47.4 Å². The molecule has 0 saturated carbocycles. The Hall–Kier alpha value is -4.40. The number of imide groups is 1. The van der Waals surface area contributed by atoms with Gasteiger partial charge in [0.25, 0.3) is 5.91 Å². The summed E-state index contributed by atoms with van der Waals surface area (Å²) in [6.45, 7) is 3.52. The number of ether oxygens (including phenoxy) is 3. The number of hydrogen-bond donors (Lipinski definition) is 2. The number of rotatable bonds is 7. The van der Waals surface area contributed by atoms with Crippen LogP contribution in [0.2, 0.25) is 0 Å². The van der Waals surface area contributed by atoms with Gasteiger partial charge in [-0.25, -0.2) is 14.6 Å². The SMILES string of the molecule is CCNC(=O)NC(=O)C(C)OC(=O)c1c2c(nc3ccccc13)/C(=C/c1ccc(OC)c(OC)c1)CC2. The Morgan fingerprint density at radius 2 is 1.81 bits per heavy atom. The highest BCUT2D eigenvalue weighted by Gasteiger charge is 2.29. The maximum absolute atomic E-state index is 13.4. The Labute approximate surface area is 214 Å². The van der Waals surface area contributed by atoms with Gasteiger partial charge in [-0.05, 0) is 67.7 Å². The summed E-state index contributed by atoms with van der Waals surface area (Å²) in [5, 5.41) is 5.29. The molecule has 2 aromatic carbocycles. The molecule has 0 fully saturated rings. The number of carbonyl (C=O) groups excluding carboxylic acids is 3. The highest BCUT2D eigenvalue weighted by atomic mass is 16.5. The lowest BCUT2D eigenvalue weighted by atomic mass is 10.0. The van der Waals surface area contributed by atoms with Gasteiger partial charge in [-0.3, -0.25) is 10.1 Å². The fraction of sp³-hybridized carbons (Fsp3) is 0.286. The van der Waals surface area contributed by atoms with Gasteiger partial charge in [0.2, 0.25) is 0 Å². The largest absolute Gasteiger partial charge is 0.493 e. The molecule has 1 heterocycles. The van der Waals surface area contributed by atoms with E-state index in [2.05, 4.69) is 10.6 Å². The van der Waals surface area contributed by atoms with E-state index in [4.69, 9.17) is 19.2 Å². The highest BCUT2D eigenvalue weighted by Crippen LogP contribution is 2.38. The van der Waals surface area contributed by atoms with Gasteiger partial charge in [0.15, 0.2) is 17.6 Å². The summed E-state index contributed by atoms with van der Waals surface area (Å²) in [7, 11) is 3.17. The van der Waals surface area contributed by atoms with Crippen LogP contribution in [0.1, 0.15) is 47.4 Å². The molecule has 9 heteroatoms. The van der Waals surface area contributed by atoms with E-state index in [1.54, 1.807) is 21.1 Å². The molecule has 1 aromatic heterocycles. The van der Waals surface area contributed by atoms with Crippen LogP contribution in [0.25, 0.3) is 22.6 Å². The van der Waals surface area contributed by atoms with Crippen molar-refractivity contribution < 1.29 is 28.6 Å². The Morgan fingerprint density at radius 1 is 1.05 bits per heavy atom. The molecule has 0 spiro atoms. The lowest BCUT2D eigenvalue weighted by Gasteiger charge is -2.16. The van der Waals surface area contributed by atoms with Crippen molar-refractivity contribution in [3.05, 3.63) is 64.8 Å². The zero-order chi connectivity index (χ0) is 26.5. The first kappa shape index (κ1) is 25.7. The summed E-state index contributed by atoms with van der Waals surface area (Å²) in [5.74, 6) is -0.0919. The van der Waals surface area contributed by atoms with Crippen molar-refractivity contribution in [3.63, 3.8) is 0 Å². The molecule has 37 heavy (non-hydrogen) atoms. The number of carbonyl (C=O) groups is 3. The van der Waals surface area contributed by atoms with Crippen molar-refractivity contribution in [1.29, 1.82) is 0 Å². The van der Waals surface area contributed by atoms with Gasteiger partial charge in [-0.2, -0.15) is 0 Å². The number of nitrogens with zero attached hydrogens (tertiary/aromatic N) is 1. The fourth-order valence-corrected chi connectivity index (χ4v) is 4.35. The van der Waals surface area contributed by atoms with E-state index in [-0.39, 0.29) is 0 Å². The van der Waals surface area contributed by atoms with Gasteiger partial charge in [0.1, 0.15) is 0 Å². The monoisotopic (exact) mass is 503 g/mol. The summed E-state index contributed by atoms with van der Waals surface area (Å²) in [4.78, 5) is 42.3. The van der Waals surface area contributed by atoms with Crippen LogP contribution in [0.15, 0.2) is 42.5 Å². The molecule has 3 aromatic rings. The second kappa shape index (κ2) is 11.1. The third kappa shape index (κ3) is 5.40. The van der Waals surface area contributed by atoms with Crippen LogP contribution in [0, 0.1) is 0 Å². The summed E-state index contributed by atoms with van der Waals surface area (Å²) in [6, 6.07) is 12.3.